The summed E-state index contributed by atoms with van der Waals surface area (Å²) in [6.07, 6.45) is 1.77. The number of aryl methyl sites for hydroxylation is 1. The highest BCUT2D eigenvalue weighted by Gasteiger charge is 2.10. The fraction of sp³-hybridized carbons (Fsp3) is 0.100. The molecule has 2 rings (SSSR count). The molecule has 0 aliphatic heterocycles. The van der Waals surface area contributed by atoms with Crippen LogP contribution in [0.1, 0.15) is 10.4 Å². The molecule has 0 aliphatic carbocycles. The van der Waals surface area contributed by atoms with Gasteiger partial charge < -0.3 is 14.8 Å². The third-order valence-electron chi connectivity index (χ3n) is 2.20. The van der Waals surface area contributed by atoms with Gasteiger partial charge in [0.2, 0.25) is 0 Å². The predicted molar refractivity (Wildman–Crippen MR) is 51.5 cm³/mol. The van der Waals surface area contributed by atoms with E-state index in [1.165, 1.54) is 12.1 Å². The first-order valence-electron chi connectivity index (χ1n) is 4.11. The lowest BCUT2D eigenvalue weighted by atomic mass is 10.1. The zero-order valence-electron chi connectivity index (χ0n) is 7.56. The summed E-state index contributed by atoms with van der Waals surface area (Å²) in [5.41, 5.74) is 0.746. The Hall–Kier alpha value is -1.97. The molecule has 0 radical (unpaired) electrons. The molecule has 72 valence electrons. The maximum atomic E-state index is 10.7. The van der Waals surface area contributed by atoms with Crippen molar-refractivity contribution in [2.24, 2.45) is 7.05 Å². The number of phenols is 1. The van der Waals surface area contributed by atoms with Crippen LogP contribution in [0.25, 0.3) is 10.9 Å². The molecule has 1 aromatic heterocycles. The van der Waals surface area contributed by atoms with Crippen LogP contribution in [-0.2, 0) is 7.05 Å². The van der Waals surface area contributed by atoms with Crippen LogP contribution in [0, 0.1) is 0 Å². The first-order valence-corrected chi connectivity index (χ1v) is 4.11. The average molecular weight is 191 g/mol. The Morgan fingerprint density at radius 2 is 2.14 bits per heavy atom. The van der Waals surface area contributed by atoms with Gasteiger partial charge in [-0.05, 0) is 18.2 Å². The van der Waals surface area contributed by atoms with E-state index in [1.54, 1.807) is 23.9 Å². The molecule has 1 heterocycles. The number of hydrogen-bond donors (Lipinski definition) is 2. The topological polar surface area (TPSA) is 62.5 Å². The van der Waals surface area contributed by atoms with Gasteiger partial charge in [-0.1, -0.05) is 0 Å². The van der Waals surface area contributed by atoms with E-state index in [4.69, 9.17) is 5.11 Å². The number of carboxylic acid groups (broad SMARTS) is 1. The Morgan fingerprint density at radius 3 is 2.79 bits per heavy atom. The van der Waals surface area contributed by atoms with Gasteiger partial charge in [-0.2, -0.15) is 0 Å². The van der Waals surface area contributed by atoms with Gasteiger partial charge in [-0.15, -0.1) is 0 Å². The lowest BCUT2D eigenvalue weighted by Crippen LogP contribution is -1.96. The summed E-state index contributed by atoms with van der Waals surface area (Å²) in [5, 5.41) is 19.1. The monoisotopic (exact) mass is 191 g/mol. The minimum absolute atomic E-state index is 0.00704. The molecule has 0 fully saturated rings. The Morgan fingerprint density at radius 1 is 1.43 bits per heavy atom. The van der Waals surface area contributed by atoms with Gasteiger partial charge in [0.1, 0.15) is 5.75 Å². The molecular formula is C10H9NO3. The van der Waals surface area contributed by atoms with Crippen LogP contribution in [-0.4, -0.2) is 20.7 Å². The molecule has 0 atom stereocenters. The van der Waals surface area contributed by atoms with Crippen LogP contribution in [0.3, 0.4) is 0 Å². The molecule has 0 unspecified atom stereocenters. The summed E-state index contributed by atoms with van der Waals surface area (Å²) in [6, 6.07) is 4.56. The van der Waals surface area contributed by atoms with Crippen LogP contribution in [0.4, 0.5) is 0 Å². The molecule has 1 aromatic carbocycles. The number of phenolic OH excluding ortho intramolecular Hbond substituents is 1. The highest BCUT2D eigenvalue weighted by atomic mass is 16.4. The smallest absolute Gasteiger partial charge is 0.335 e. The molecule has 2 aromatic rings. The van der Waals surface area contributed by atoms with Gasteiger partial charge in [0.15, 0.2) is 0 Å². The van der Waals surface area contributed by atoms with Crippen molar-refractivity contribution in [1.82, 2.24) is 4.57 Å². The molecule has 0 amide bonds. The SMILES string of the molecule is Cn1ccc2cc(C(=O)O)cc(O)c21. The van der Waals surface area contributed by atoms with Crippen molar-refractivity contribution in [2.45, 2.75) is 0 Å². The number of rotatable bonds is 1. The van der Waals surface area contributed by atoms with Crippen molar-refractivity contribution >= 4 is 16.9 Å². The van der Waals surface area contributed by atoms with Crippen molar-refractivity contribution in [3.05, 3.63) is 30.0 Å². The fourth-order valence-corrected chi connectivity index (χ4v) is 1.54. The molecule has 4 nitrogen and oxygen atoms in total. The lowest BCUT2D eigenvalue weighted by molar-refractivity contribution is 0.0696. The molecule has 0 spiro atoms. The predicted octanol–water partition coefficient (Wildman–Crippen LogP) is 1.58. The minimum atomic E-state index is -1.04. The van der Waals surface area contributed by atoms with Crippen molar-refractivity contribution < 1.29 is 15.0 Å². The maximum absolute atomic E-state index is 10.7. The van der Waals surface area contributed by atoms with E-state index < -0.39 is 5.97 Å². The van der Waals surface area contributed by atoms with E-state index in [0.29, 0.717) is 5.52 Å². The second-order valence-electron chi connectivity index (χ2n) is 3.17. The van der Waals surface area contributed by atoms with Crippen molar-refractivity contribution in [3.8, 4) is 5.75 Å². The van der Waals surface area contributed by atoms with E-state index in [0.717, 1.165) is 5.39 Å². The molecule has 0 saturated heterocycles. The summed E-state index contributed by atoms with van der Waals surface area (Å²) in [4.78, 5) is 10.7. The number of fused-ring (bicyclic) bond motifs is 1. The third kappa shape index (κ3) is 1.12. The highest BCUT2D eigenvalue weighted by Crippen LogP contribution is 2.26. The molecule has 0 aliphatic rings. The van der Waals surface area contributed by atoms with Crippen LogP contribution >= 0.6 is 0 Å². The number of carboxylic acids is 1. The second kappa shape index (κ2) is 2.77. The lowest BCUT2D eigenvalue weighted by Gasteiger charge is -2.01. The quantitative estimate of drug-likeness (QED) is 0.719. The van der Waals surface area contributed by atoms with Crippen molar-refractivity contribution in [2.75, 3.05) is 0 Å². The van der Waals surface area contributed by atoms with E-state index in [9.17, 15) is 9.90 Å². The summed E-state index contributed by atoms with van der Waals surface area (Å²) in [6.45, 7) is 0. The van der Waals surface area contributed by atoms with Crippen LogP contribution in [0.2, 0.25) is 0 Å². The molecule has 4 heteroatoms. The zero-order chi connectivity index (χ0) is 10.3. The van der Waals surface area contributed by atoms with E-state index >= 15 is 0 Å². The Bertz CT molecular complexity index is 513. The van der Waals surface area contributed by atoms with Gasteiger partial charge in [-0.3, -0.25) is 0 Å². The second-order valence-corrected chi connectivity index (χ2v) is 3.17. The first kappa shape index (κ1) is 8.62. The summed E-state index contributed by atoms with van der Waals surface area (Å²) in [5.74, 6) is -1.04. The Kier molecular flexibility index (Phi) is 1.70. The Balaban J connectivity index is 2.80. The van der Waals surface area contributed by atoms with Gasteiger partial charge in [-0.25, -0.2) is 4.79 Å². The number of aromatic hydroxyl groups is 1. The molecular weight excluding hydrogens is 182 g/mol. The van der Waals surface area contributed by atoms with Gasteiger partial charge >= 0.3 is 5.97 Å². The van der Waals surface area contributed by atoms with Gasteiger partial charge in [0.05, 0.1) is 11.1 Å². The van der Waals surface area contributed by atoms with Crippen molar-refractivity contribution in [3.63, 3.8) is 0 Å². The highest BCUT2D eigenvalue weighted by molar-refractivity contribution is 5.96. The average Bonchev–Trinajstić information content (AvgIpc) is 2.48. The standard InChI is InChI=1S/C10H9NO3/c1-11-3-2-6-4-7(10(13)14)5-8(12)9(6)11/h2-5,12H,1H3,(H,13,14). The number of nitrogens with zero attached hydrogens (tertiary/aromatic N) is 1. The molecule has 0 saturated carbocycles. The number of benzene rings is 1. The molecule has 2 N–H and O–H groups in total. The van der Waals surface area contributed by atoms with Gasteiger partial charge in [0.25, 0.3) is 0 Å². The Labute approximate surface area is 80.0 Å². The number of aromatic nitrogens is 1. The van der Waals surface area contributed by atoms with Crippen LogP contribution < -0.4 is 0 Å². The number of hydrogen-bond acceptors (Lipinski definition) is 2. The third-order valence-corrected chi connectivity index (χ3v) is 2.20. The van der Waals surface area contributed by atoms with Gasteiger partial charge in [0, 0.05) is 18.6 Å². The van der Waals surface area contributed by atoms with Crippen LogP contribution in [0.15, 0.2) is 24.4 Å². The number of carbonyl (C=O) groups is 1. The summed E-state index contributed by atoms with van der Waals surface area (Å²) in [7, 11) is 1.79. The van der Waals surface area contributed by atoms with Crippen molar-refractivity contribution in [1.29, 1.82) is 0 Å². The first-order chi connectivity index (χ1) is 6.59. The molecule has 0 bridgehead atoms. The summed E-state index contributed by atoms with van der Waals surface area (Å²) < 4.78 is 1.75. The van der Waals surface area contributed by atoms with Crippen LogP contribution in [0.5, 0.6) is 5.75 Å². The summed E-state index contributed by atoms with van der Waals surface area (Å²) >= 11 is 0. The fourth-order valence-electron chi connectivity index (χ4n) is 1.54. The van der Waals surface area contributed by atoms with E-state index in [-0.39, 0.29) is 11.3 Å². The maximum Gasteiger partial charge on any atom is 0.335 e. The molecule has 14 heavy (non-hydrogen) atoms. The largest absolute Gasteiger partial charge is 0.506 e. The van der Waals surface area contributed by atoms with E-state index in [2.05, 4.69) is 0 Å². The number of aromatic carboxylic acids is 1. The normalized spacial score (nSPS) is 10.6. The van der Waals surface area contributed by atoms with E-state index in [1.807, 2.05) is 0 Å². The minimum Gasteiger partial charge on any atom is -0.506 e. The zero-order valence-corrected chi connectivity index (χ0v) is 7.56.